The van der Waals surface area contributed by atoms with Gasteiger partial charge in [-0.25, -0.2) is 0 Å². The van der Waals surface area contributed by atoms with Crippen molar-refractivity contribution in [2.45, 2.75) is 13.8 Å². The van der Waals surface area contributed by atoms with E-state index in [1.165, 1.54) is 11.3 Å². The van der Waals surface area contributed by atoms with Gasteiger partial charge < -0.3 is 16.0 Å². The number of nitrogens with zero attached hydrogens (tertiary/aromatic N) is 3. The zero-order valence-corrected chi connectivity index (χ0v) is 14.7. The summed E-state index contributed by atoms with van der Waals surface area (Å²) in [6.45, 7) is 8.18. The zero-order valence-electron chi connectivity index (χ0n) is 13.9. The zero-order chi connectivity index (χ0) is 17.4. The van der Waals surface area contributed by atoms with Gasteiger partial charge in [-0.2, -0.15) is 5.10 Å². The lowest BCUT2D eigenvalue weighted by molar-refractivity contribution is 0.0962. The monoisotopic (exact) mass is 341 g/mol. The van der Waals surface area contributed by atoms with Gasteiger partial charge in [0.2, 0.25) is 0 Å². The largest absolute Gasteiger partial charge is 0.397 e. The van der Waals surface area contributed by atoms with Crippen LogP contribution in [-0.2, 0) is 0 Å². The molecule has 0 radical (unpaired) electrons. The molecule has 0 unspecified atom stereocenters. The Bertz CT molecular complexity index is 909. The number of aromatic nitrogens is 2. The normalized spacial score (nSPS) is 14.2. The number of carbonyl (C=O) groups excluding carboxylic acids is 1. The summed E-state index contributed by atoms with van der Waals surface area (Å²) in [7, 11) is 1.92. The van der Waals surface area contributed by atoms with Crippen molar-refractivity contribution in [1.82, 2.24) is 20.4 Å². The molecule has 0 aromatic carbocycles. The van der Waals surface area contributed by atoms with Crippen LogP contribution in [0, 0.1) is 13.8 Å². The SMILES string of the molecule is C=C1C=C(CNC(=O)c2sc3nnc(C)c(C)c3c2N)C=CN1C. The highest BCUT2D eigenvalue weighted by Crippen LogP contribution is 2.34. The van der Waals surface area contributed by atoms with Crippen molar-refractivity contribution in [3.8, 4) is 0 Å². The first kappa shape index (κ1) is 16.2. The second-order valence-corrected chi connectivity index (χ2v) is 6.75. The number of carbonyl (C=O) groups is 1. The Hall–Kier alpha value is -2.67. The smallest absolute Gasteiger partial charge is 0.263 e. The van der Waals surface area contributed by atoms with Gasteiger partial charge in [0.25, 0.3) is 5.91 Å². The Morgan fingerprint density at radius 2 is 2.17 bits per heavy atom. The number of hydrogen-bond donors (Lipinski definition) is 2. The highest BCUT2D eigenvalue weighted by molar-refractivity contribution is 7.21. The van der Waals surface area contributed by atoms with Gasteiger partial charge in [-0.15, -0.1) is 16.4 Å². The molecule has 6 nitrogen and oxygen atoms in total. The van der Waals surface area contributed by atoms with Crippen molar-refractivity contribution in [3.05, 3.63) is 52.3 Å². The topological polar surface area (TPSA) is 84.1 Å². The van der Waals surface area contributed by atoms with Crippen molar-refractivity contribution in [2.75, 3.05) is 19.3 Å². The highest BCUT2D eigenvalue weighted by Gasteiger charge is 2.20. The molecule has 1 aliphatic heterocycles. The van der Waals surface area contributed by atoms with Gasteiger partial charge in [-0.3, -0.25) is 4.79 Å². The number of rotatable bonds is 3. The van der Waals surface area contributed by atoms with Crippen molar-refractivity contribution < 1.29 is 4.79 Å². The summed E-state index contributed by atoms with van der Waals surface area (Å²) in [6.07, 6.45) is 5.80. The van der Waals surface area contributed by atoms with Crippen LogP contribution in [0.4, 0.5) is 5.69 Å². The fourth-order valence-corrected chi connectivity index (χ4v) is 3.47. The number of hydrogen-bond acceptors (Lipinski definition) is 6. The van der Waals surface area contributed by atoms with Crippen molar-refractivity contribution >= 4 is 33.1 Å². The van der Waals surface area contributed by atoms with Crippen LogP contribution in [0.2, 0.25) is 0 Å². The van der Waals surface area contributed by atoms with Gasteiger partial charge in [-0.1, -0.05) is 6.58 Å². The predicted molar refractivity (Wildman–Crippen MR) is 97.8 cm³/mol. The Kier molecular flexibility index (Phi) is 4.11. The van der Waals surface area contributed by atoms with Crippen LogP contribution in [-0.4, -0.2) is 34.6 Å². The van der Waals surface area contributed by atoms with Crippen LogP contribution < -0.4 is 11.1 Å². The first-order chi connectivity index (χ1) is 11.4. The second kappa shape index (κ2) is 6.09. The Morgan fingerprint density at radius 3 is 2.88 bits per heavy atom. The molecule has 0 atom stereocenters. The molecule has 1 aliphatic rings. The molecule has 7 heteroatoms. The number of nitrogen functional groups attached to an aromatic ring is 1. The van der Waals surface area contributed by atoms with Crippen molar-refractivity contribution in [3.63, 3.8) is 0 Å². The van der Waals surface area contributed by atoms with Crippen LogP contribution in [0.3, 0.4) is 0 Å². The average Bonchev–Trinajstić information content (AvgIpc) is 2.89. The summed E-state index contributed by atoms with van der Waals surface area (Å²) in [5.74, 6) is -0.202. The second-order valence-electron chi connectivity index (χ2n) is 5.76. The molecule has 3 heterocycles. The number of nitrogens with two attached hydrogens (primary N) is 1. The van der Waals surface area contributed by atoms with E-state index >= 15 is 0 Å². The molecule has 124 valence electrons. The number of nitrogens with one attached hydrogen (secondary N) is 1. The minimum Gasteiger partial charge on any atom is -0.397 e. The van der Waals surface area contributed by atoms with E-state index in [2.05, 4.69) is 22.1 Å². The minimum atomic E-state index is -0.202. The number of fused-ring (bicyclic) bond motifs is 1. The standard InChI is InChI=1S/C17H19N5OS/c1-9-7-12(5-6-22(9)4)8-19-16(23)15-14(18)13-10(2)11(3)20-21-17(13)24-15/h5-7H,1,8,18H2,2-4H3,(H,19,23). The highest BCUT2D eigenvalue weighted by atomic mass is 32.1. The van der Waals surface area contributed by atoms with Crippen LogP contribution in [0.25, 0.3) is 10.2 Å². The molecule has 0 bridgehead atoms. The molecule has 3 N–H and O–H groups in total. The third-order valence-electron chi connectivity index (χ3n) is 4.11. The quantitative estimate of drug-likeness (QED) is 0.896. The molecular formula is C17H19N5OS. The summed E-state index contributed by atoms with van der Waals surface area (Å²) >= 11 is 1.27. The maximum atomic E-state index is 12.5. The number of allylic oxidation sites excluding steroid dienone is 1. The fourth-order valence-electron chi connectivity index (χ4n) is 2.45. The van der Waals surface area contributed by atoms with Crippen LogP contribution in [0.15, 0.2) is 36.2 Å². The van der Waals surface area contributed by atoms with Gasteiger partial charge in [0, 0.05) is 30.9 Å². The van der Waals surface area contributed by atoms with E-state index in [4.69, 9.17) is 5.73 Å². The summed E-state index contributed by atoms with van der Waals surface area (Å²) in [4.78, 5) is 15.6. The first-order valence-electron chi connectivity index (χ1n) is 7.49. The van der Waals surface area contributed by atoms with Gasteiger partial charge >= 0.3 is 0 Å². The van der Waals surface area contributed by atoms with E-state index in [9.17, 15) is 4.79 Å². The summed E-state index contributed by atoms with van der Waals surface area (Å²) in [5.41, 5.74) is 10.3. The molecule has 24 heavy (non-hydrogen) atoms. The molecule has 0 aliphatic carbocycles. The fraction of sp³-hybridized carbons (Fsp3) is 0.235. The minimum absolute atomic E-state index is 0.202. The molecule has 0 fully saturated rings. The number of likely N-dealkylation sites (N-methyl/N-ethyl adjacent to an activating group) is 1. The van der Waals surface area contributed by atoms with Crippen molar-refractivity contribution in [1.29, 1.82) is 0 Å². The number of anilines is 1. The molecule has 2 aromatic rings. The van der Waals surface area contributed by atoms with E-state index in [1.807, 2.05) is 44.1 Å². The number of aryl methyl sites for hydroxylation is 2. The summed E-state index contributed by atoms with van der Waals surface area (Å²) in [6, 6.07) is 0. The predicted octanol–water partition coefficient (Wildman–Crippen LogP) is 2.52. The van der Waals surface area contributed by atoms with E-state index < -0.39 is 0 Å². The lowest BCUT2D eigenvalue weighted by Crippen LogP contribution is -2.26. The van der Waals surface area contributed by atoms with Crippen molar-refractivity contribution in [2.24, 2.45) is 0 Å². The maximum absolute atomic E-state index is 12.5. The van der Waals surface area contributed by atoms with E-state index in [1.54, 1.807) is 0 Å². The Balaban J connectivity index is 1.81. The molecule has 1 amide bonds. The van der Waals surface area contributed by atoms with Gasteiger partial charge in [0.05, 0.1) is 11.4 Å². The van der Waals surface area contributed by atoms with Gasteiger partial charge in [0.15, 0.2) is 0 Å². The maximum Gasteiger partial charge on any atom is 0.263 e. The van der Waals surface area contributed by atoms with Crippen LogP contribution in [0.1, 0.15) is 20.9 Å². The number of thiophene rings is 1. The third kappa shape index (κ3) is 2.78. The third-order valence-corrected chi connectivity index (χ3v) is 5.20. The Labute approximate surface area is 144 Å². The average molecular weight is 341 g/mol. The van der Waals surface area contributed by atoms with E-state index in [0.717, 1.165) is 27.9 Å². The lowest BCUT2D eigenvalue weighted by Gasteiger charge is -2.19. The summed E-state index contributed by atoms with van der Waals surface area (Å²) in [5, 5.41) is 12.0. The number of amides is 1. The van der Waals surface area contributed by atoms with E-state index in [0.29, 0.717) is 21.9 Å². The molecule has 3 rings (SSSR count). The first-order valence-corrected chi connectivity index (χ1v) is 8.30. The molecule has 0 spiro atoms. The van der Waals surface area contributed by atoms with Gasteiger partial charge in [-0.05, 0) is 37.1 Å². The molecule has 2 aromatic heterocycles. The lowest BCUT2D eigenvalue weighted by atomic mass is 10.1. The van der Waals surface area contributed by atoms with Crippen LogP contribution in [0.5, 0.6) is 0 Å². The molecular weight excluding hydrogens is 322 g/mol. The molecule has 0 saturated heterocycles. The summed E-state index contributed by atoms with van der Waals surface area (Å²) < 4.78 is 0. The Morgan fingerprint density at radius 1 is 1.42 bits per heavy atom. The van der Waals surface area contributed by atoms with E-state index in [-0.39, 0.29) is 5.91 Å². The molecule has 0 saturated carbocycles. The van der Waals surface area contributed by atoms with Crippen LogP contribution >= 0.6 is 11.3 Å². The van der Waals surface area contributed by atoms with Gasteiger partial charge in [0.1, 0.15) is 9.71 Å².